The fraction of sp³-hybridized carbons (Fsp3) is 0.875. The number of nitriles is 1. The first-order valence-electron chi connectivity index (χ1n) is 4.15. The van der Waals surface area contributed by atoms with Gasteiger partial charge in [-0.25, -0.2) is 0 Å². The number of nitrogens with zero attached hydrogens (tertiary/aromatic N) is 1. The van der Waals surface area contributed by atoms with Gasteiger partial charge in [-0.3, -0.25) is 0 Å². The molecule has 0 saturated carbocycles. The predicted octanol–water partition coefficient (Wildman–Crippen LogP) is 1.77. The zero-order valence-electron chi connectivity index (χ0n) is 8.09. The van der Waals surface area contributed by atoms with Crippen LogP contribution in [0.2, 0.25) is 19.6 Å². The van der Waals surface area contributed by atoms with Crippen LogP contribution in [-0.4, -0.2) is 28.1 Å². The van der Waals surface area contributed by atoms with E-state index >= 15 is 0 Å². The van der Waals surface area contributed by atoms with Crippen molar-refractivity contribution in [1.29, 1.82) is 5.26 Å². The number of hydrogen-bond donors (Lipinski definition) is 0. The Morgan fingerprint density at radius 1 is 1.17 bits per heavy atom. The molecule has 0 aromatic heterocycles. The first-order chi connectivity index (χ1) is 5.56. The summed E-state index contributed by atoms with van der Waals surface area (Å²) in [6.07, 6.45) is 0.465. The largest absolute Gasteiger partial charge is 0.415 e. The van der Waals surface area contributed by atoms with Gasteiger partial charge in [0.2, 0.25) is 0 Å². The highest BCUT2D eigenvalue weighted by Crippen LogP contribution is 2.01. The summed E-state index contributed by atoms with van der Waals surface area (Å²) in [4.78, 5) is 0. The van der Waals surface area contributed by atoms with Crippen molar-refractivity contribution < 1.29 is 9.16 Å². The molecule has 0 radical (unpaired) electrons. The molecule has 0 amide bonds. The van der Waals surface area contributed by atoms with Crippen molar-refractivity contribution in [1.82, 2.24) is 0 Å². The van der Waals surface area contributed by atoms with Crippen LogP contribution in [0.1, 0.15) is 6.42 Å². The Kier molecular flexibility index (Phi) is 5.99. The third kappa shape index (κ3) is 9.63. The molecule has 0 fully saturated rings. The summed E-state index contributed by atoms with van der Waals surface area (Å²) < 4.78 is 10.7. The third-order valence-corrected chi connectivity index (χ3v) is 2.19. The van der Waals surface area contributed by atoms with Gasteiger partial charge in [-0.15, -0.1) is 0 Å². The Labute approximate surface area is 75.4 Å². The van der Waals surface area contributed by atoms with Gasteiger partial charge >= 0.3 is 0 Å². The lowest BCUT2D eigenvalue weighted by Gasteiger charge is -2.16. The van der Waals surface area contributed by atoms with E-state index in [1.807, 2.05) is 6.07 Å². The molecule has 0 spiro atoms. The molecular formula is C8H17NO2Si. The van der Waals surface area contributed by atoms with Crippen LogP contribution in [0.5, 0.6) is 0 Å². The van der Waals surface area contributed by atoms with E-state index in [9.17, 15) is 0 Å². The molecule has 0 bridgehead atoms. The molecule has 0 aliphatic rings. The first-order valence-corrected chi connectivity index (χ1v) is 7.56. The van der Waals surface area contributed by atoms with E-state index in [-0.39, 0.29) is 0 Å². The van der Waals surface area contributed by atoms with Gasteiger partial charge in [-0.1, -0.05) is 0 Å². The molecule has 3 nitrogen and oxygen atoms in total. The molecule has 70 valence electrons. The highest BCUT2D eigenvalue weighted by atomic mass is 28.4. The highest BCUT2D eigenvalue weighted by Gasteiger charge is 2.12. The fourth-order valence-corrected chi connectivity index (χ4v) is 1.32. The molecule has 0 N–H and O–H groups in total. The van der Waals surface area contributed by atoms with Crippen molar-refractivity contribution in [2.24, 2.45) is 0 Å². The molecule has 0 aliphatic heterocycles. The summed E-state index contributed by atoms with van der Waals surface area (Å²) in [6, 6.07) is 2.02. The minimum atomic E-state index is -1.37. The molecular weight excluding hydrogens is 170 g/mol. The van der Waals surface area contributed by atoms with Crippen LogP contribution in [0, 0.1) is 11.3 Å². The molecule has 0 aromatic rings. The monoisotopic (exact) mass is 187 g/mol. The second kappa shape index (κ2) is 6.18. The topological polar surface area (TPSA) is 42.2 Å². The number of rotatable bonds is 6. The van der Waals surface area contributed by atoms with Crippen LogP contribution >= 0.6 is 0 Å². The van der Waals surface area contributed by atoms with Crippen molar-refractivity contribution in [3.63, 3.8) is 0 Å². The van der Waals surface area contributed by atoms with Gasteiger partial charge in [0, 0.05) is 0 Å². The summed E-state index contributed by atoms with van der Waals surface area (Å²) in [7, 11) is -1.37. The summed E-state index contributed by atoms with van der Waals surface area (Å²) in [5.41, 5.74) is 0. The van der Waals surface area contributed by atoms with E-state index < -0.39 is 8.32 Å². The first kappa shape index (κ1) is 11.6. The Morgan fingerprint density at radius 3 is 2.33 bits per heavy atom. The van der Waals surface area contributed by atoms with Crippen molar-refractivity contribution >= 4 is 8.32 Å². The second-order valence-corrected chi connectivity index (χ2v) is 7.99. The van der Waals surface area contributed by atoms with Gasteiger partial charge in [-0.2, -0.15) is 5.26 Å². The SMILES string of the molecule is C[Si](C)(C)OCCOCCC#N. The molecule has 12 heavy (non-hydrogen) atoms. The van der Waals surface area contributed by atoms with E-state index in [0.717, 1.165) is 0 Å². The molecule has 0 unspecified atom stereocenters. The molecule has 4 heteroatoms. The van der Waals surface area contributed by atoms with E-state index in [1.165, 1.54) is 0 Å². The van der Waals surface area contributed by atoms with Crippen LogP contribution in [-0.2, 0) is 9.16 Å². The minimum absolute atomic E-state index is 0.465. The van der Waals surface area contributed by atoms with Gasteiger partial charge < -0.3 is 9.16 Å². The minimum Gasteiger partial charge on any atom is -0.415 e. The Hall–Kier alpha value is -0.373. The smallest absolute Gasteiger partial charge is 0.183 e. The Morgan fingerprint density at radius 2 is 1.83 bits per heavy atom. The van der Waals surface area contributed by atoms with Gasteiger partial charge in [-0.05, 0) is 19.6 Å². The van der Waals surface area contributed by atoms with Crippen LogP contribution < -0.4 is 0 Å². The van der Waals surface area contributed by atoms with E-state index in [0.29, 0.717) is 26.2 Å². The van der Waals surface area contributed by atoms with Crippen LogP contribution in [0.4, 0.5) is 0 Å². The summed E-state index contributed by atoms with van der Waals surface area (Å²) in [5.74, 6) is 0. The van der Waals surface area contributed by atoms with Gasteiger partial charge in [0.05, 0.1) is 32.3 Å². The zero-order valence-corrected chi connectivity index (χ0v) is 9.09. The summed E-state index contributed by atoms with van der Waals surface area (Å²) in [6.45, 7) is 8.20. The number of ether oxygens (including phenoxy) is 1. The number of hydrogen-bond acceptors (Lipinski definition) is 3. The van der Waals surface area contributed by atoms with Crippen molar-refractivity contribution in [2.45, 2.75) is 26.1 Å². The molecule has 0 rings (SSSR count). The molecule has 0 heterocycles. The quantitative estimate of drug-likeness (QED) is 0.470. The molecule has 0 atom stereocenters. The maximum Gasteiger partial charge on any atom is 0.183 e. The lowest BCUT2D eigenvalue weighted by molar-refractivity contribution is 0.102. The van der Waals surface area contributed by atoms with Gasteiger partial charge in [0.1, 0.15) is 0 Å². The molecule has 0 aliphatic carbocycles. The molecule has 0 saturated heterocycles. The maximum absolute atomic E-state index is 8.20. The van der Waals surface area contributed by atoms with E-state index in [2.05, 4.69) is 19.6 Å². The normalized spacial score (nSPS) is 11.2. The Bertz CT molecular complexity index is 148. The average Bonchev–Trinajstić information content (AvgIpc) is 1.94. The predicted molar refractivity (Wildman–Crippen MR) is 50.3 cm³/mol. The molecule has 0 aromatic carbocycles. The summed E-state index contributed by atoms with van der Waals surface area (Å²) >= 11 is 0. The summed E-state index contributed by atoms with van der Waals surface area (Å²) in [5, 5.41) is 8.20. The third-order valence-electron chi connectivity index (χ3n) is 1.12. The van der Waals surface area contributed by atoms with Crippen molar-refractivity contribution in [3.8, 4) is 6.07 Å². The van der Waals surface area contributed by atoms with E-state index in [1.54, 1.807) is 0 Å². The van der Waals surface area contributed by atoms with Crippen LogP contribution in [0.25, 0.3) is 0 Å². The maximum atomic E-state index is 8.20. The van der Waals surface area contributed by atoms with Crippen LogP contribution in [0.3, 0.4) is 0 Å². The lowest BCUT2D eigenvalue weighted by atomic mass is 10.5. The standard InChI is InChI=1S/C8H17NO2Si/c1-12(2,3)11-8-7-10-6-4-5-9/h4,6-8H2,1-3H3. The van der Waals surface area contributed by atoms with Crippen molar-refractivity contribution in [2.75, 3.05) is 19.8 Å². The zero-order chi connectivity index (χ0) is 9.45. The van der Waals surface area contributed by atoms with Crippen LogP contribution in [0.15, 0.2) is 0 Å². The second-order valence-electron chi connectivity index (χ2n) is 3.48. The average molecular weight is 187 g/mol. The van der Waals surface area contributed by atoms with Gasteiger partial charge in [0.25, 0.3) is 0 Å². The fourth-order valence-electron chi connectivity index (χ4n) is 0.627. The van der Waals surface area contributed by atoms with E-state index in [4.69, 9.17) is 14.4 Å². The lowest BCUT2D eigenvalue weighted by Crippen LogP contribution is -2.27. The Balaban J connectivity index is 3.07. The highest BCUT2D eigenvalue weighted by molar-refractivity contribution is 6.69. The van der Waals surface area contributed by atoms with Crippen molar-refractivity contribution in [3.05, 3.63) is 0 Å². The van der Waals surface area contributed by atoms with Gasteiger partial charge in [0.15, 0.2) is 8.32 Å².